The van der Waals surface area contributed by atoms with Crippen molar-refractivity contribution < 1.29 is 4.74 Å². The minimum absolute atomic E-state index is 0.287. The minimum Gasteiger partial charge on any atom is -0.490 e. The van der Waals surface area contributed by atoms with Crippen LogP contribution in [0.5, 0.6) is 5.75 Å². The van der Waals surface area contributed by atoms with Crippen molar-refractivity contribution in [1.29, 1.82) is 0 Å². The third kappa shape index (κ3) is 3.38. The van der Waals surface area contributed by atoms with Crippen molar-refractivity contribution in [2.75, 3.05) is 31.1 Å². The highest BCUT2D eigenvalue weighted by atomic mass is 16.5. The lowest BCUT2D eigenvalue weighted by atomic mass is 9.80. The zero-order chi connectivity index (χ0) is 13.7. The zero-order valence-corrected chi connectivity index (χ0v) is 12.1. The van der Waals surface area contributed by atoms with Crippen molar-refractivity contribution in [2.45, 2.75) is 33.1 Å². The van der Waals surface area contributed by atoms with Gasteiger partial charge in [-0.1, -0.05) is 13.8 Å². The van der Waals surface area contributed by atoms with Crippen molar-refractivity contribution in [1.82, 2.24) is 4.98 Å². The molecule has 0 amide bonds. The number of anilines is 1. The first kappa shape index (κ1) is 14.1. The molecule has 0 aliphatic carbocycles. The maximum atomic E-state index is 5.86. The number of ether oxygens (including phenoxy) is 1. The third-order valence-electron chi connectivity index (χ3n) is 3.98. The van der Waals surface area contributed by atoms with Crippen LogP contribution in [-0.4, -0.2) is 31.2 Å². The molecule has 1 aliphatic rings. The zero-order valence-electron chi connectivity index (χ0n) is 12.1. The number of hydrogen-bond acceptors (Lipinski definition) is 4. The van der Waals surface area contributed by atoms with Crippen LogP contribution in [0.15, 0.2) is 18.3 Å². The Hall–Kier alpha value is -1.29. The van der Waals surface area contributed by atoms with E-state index in [-0.39, 0.29) is 5.41 Å². The number of piperidine rings is 1. The molecule has 2 heterocycles. The van der Waals surface area contributed by atoms with Crippen LogP contribution in [-0.2, 0) is 0 Å². The van der Waals surface area contributed by atoms with Gasteiger partial charge in [0.2, 0.25) is 0 Å². The van der Waals surface area contributed by atoms with Crippen LogP contribution in [0.2, 0.25) is 0 Å². The van der Waals surface area contributed by atoms with Crippen LogP contribution >= 0.6 is 0 Å². The second kappa shape index (κ2) is 6.24. The average molecular weight is 263 g/mol. The van der Waals surface area contributed by atoms with Gasteiger partial charge in [0.1, 0.15) is 0 Å². The maximum absolute atomic E-state index is 5.86. The maximum Gasteiger partial charge on any atom is 0.171 e. The van der Waals surface area contributed by atoms with Gasteiger partial charge in [0, 0.05) is 19.3 Å². The van der Waals surface area contributed by atoms with Crippen LogP contribution < -0.4 is 15.4 Å². The largest absolute Gasteiger partial charge is 0.490 e. The number of hydrogen-bond donors (Lipinski definition) is 1. The standard InChI is InChI=1S/C15H25N3O/c1-3-11-19-13-5-4-8-17-14(13)18-9-6-15(2,12-16)7-10-18/h4-5,8H,3,6-7,9-12,16H2,1-2H3. The molecule has 0 saturated carbocycles. The Morgan fingerprint density at radius 3 is 2.79 bits per heavy atom. The molecule has 1 fully saturated rings. The van der Waals surface area contributed by atoms with E-state index in [0.717, 1.165) is 57.1 Å². The summed E-state index contributed by atoms with van der Waals surface area (Å²) in [6, 6.07) is 3.94. The fourth-order valence-corrected chi connectivity index (χ4v) is 2.41. The van der Waals surface area contributed by atoms with Gasteiger partial charge >= 0.3 is 0 Å². The Bertz CT molecular complexity index is 400. The quantitative estimate of drug-likeness (QED) is 0.886. The number of nitrogens with two attached hydrogens (primary N) is 1. The molecule has 0 aromatic carbocycles. The summed E-state index contributed by atoms with van der Waals surface area (Å²) in [5.41, 5.74) is 6.15. The first-order valence-corrected chi connectivity index (χ1v) is 7.21. The molecule has 106 valence electrons. The predicted molar refractivity (Wildman–Crippen MR) is 78.6 cm³/mol. The molecule has 2 rings (SSSR count). The van der Waals surface area contributed by atoms with Crippen LogP contribution in [0, 0.1) is 5.41 Å². The van der Waals surface area contributed by atoms with Crippen molar-refractivity contribution >= 4 is 5.82 Å². The summed E-state index contributed by atoms with van der Waals surface area (Å²) in [7, 11) is 0. The number of aromatic nitrogens is 1. The molecular formula is C15H25N3O. The first-order chi connectivity index (χ1) is 9.18. The van der Waals surface area contributed by atoms with E-state index >= 15 is 0 Å². The molecule has 4 nitrogen and oxygen atoms in total. The lowest BCUT2D eigenvalue weighted by Gasteiger charge is -2.39. The lowest BCUT2D eigenvalue weighted by molar-refractivity contribution is 0.255. The van der Waals surface area contributed by atoms with Crippen LogP contribution in [0.25, 0.3) is 0 Å². The second-order valence-corrected chi connectivity index (χ2v) is 5.68. The van der Waals surface area contributed by atoms with Crippen LogP contribution in [0.1, 0.15) is 33.1 Å². The summed E-state index contributed by atoms with van der Waals surface area (Å²) < 4.78 is 5.79. The molecule has 1 aromatic rings. The van der Waals surface area contributed by atoms with E-state index in [1.807, 2.05) is 18.3 Å². The van der Waals surface area contributed by atoms with Gasteiger partial charge < -0.3 is 15.4 Å². The van der Waals surface area contributed by atoms with Crippen molar-refractivity contribution in [2.24, 2.45) is 11.1 Å². The average Bonchev–Trinajstić information content (AvgIpc) is 2.46. The topological polar surface area (TPSA) is 51.4 Å². The van der Waals surface area contributed by atoms with Crippen LogP contribution in [0.4, 0.5) is 5.82 Å². The van der Waals surface area contributed by atoms with Gasteiger partial charge in [0.15, 0.2) is 11.6 Å². The van der Waals surface area contributed by atoms with E-state index in [0.29, 0.717) is 0 Å². The lowest BCUT2D eigenvalue weighted by Crippen LogP contribution is -2.42. The second-order valence-electron chi connectivity index (χ2n) is 5.68. The van der Waals surface area contributed by atoms with E-state index in [2.05, 4.69) is 23.7 Å². The summed E-state index contributed by atoms with van der Waals surface area (Å²) in [4.78, 5) is 6.82. The number of pyridine rings is 1. The van der Waals surface area contributed by atoms with Gasteiger partial charge in [-0.25, -0.2) is 4.98 Å². The number of nitrogens with zero attached hydrogens (tertiary/aromatic N) is 2. The molecule has 1 aromatic heterocycles. The highest BCUT2D eigenvalue weighted by molar-refractivity contribution is 5.52. The number of rotatable bonds is 5. The monoisotopic (exact) mass is 263 g/mol. The van der Waals surface area contributed by atoms with E-state index < -0.39 is 0 Å². The van der Waals surface area contributed by atoms with Crippen molar-refractivity contribution in [3.05, 3.63) is 18.3 Å². The Morgan fingerprint density at radius 1 is 1.42 bits per heavy atom. The summed E-state index contributed by atoms with van der Waals surface area (Å²) in [6.45, 7) is 7.91. The molecule has 1 saturated heterocycles. The van der Waals surface area contributed by atoms with E-state index in [9.17, 15) is 0 Å². The Morgan fingerprint density at radius 2 is 2.16 bits per heavy atom. The minimum atomic E-state index is 0.287. The Balaban J connectivity index is 2.06. The molecule has 0 spiro atoms. The molecule has 0 unspecified atom stereocenters. The molecule has 19 heavy (non-hydrogen) atoms. The van der Waals surface area contributed by atoms with Crippen molar-refractivity contribution in [3.63, 3.8) is 0 Å². The highest BCUT2D eigenvalue weighted by Crippen LogP contribution is 2.34. The fourth-order valence-electron chi connectivity index (χ4n) is 2.41. The highest BCUT2D eigenvalue weighted by Gasteiger charge is 2.30. The molecule has 0 radical (unpaired) electrons. The van der Waals surface area contributed by atoms with Gasteiger partial charge in [-0.2, -0.15) is 0 Å². The smallest absolute Gasteiger partial charge is 0.171 e. The molecule has 0 bridgehead atoms. The van der Waals surface area contributed by atoms with Gasteiger partial charge in [-0.15, -0.1) is 0 Å². The summed E-state index contributed by atoms with van der Waals surface area (Å²) in [5, 5.41) is 0. The predicted octanol–water partition coefficient (Wildman–Crippen LogP) is 2.44. The van der Waals surface area contributed by atoms with Gasteiger partial charge in [0.25, 0.3) is 0 Å². The Labute approximate surface area is 116 Å². The summed E-state index contributed by atoms with van der Waals surface area (Å²) >= 11 is 0. The summed E-state index contributed by atoms with van der Waals surface area (Å²) in [6.07, 6.45) is 5.09. The third-order valence-corrected chi connectivity index (χ3v) is 3.98. The van der Waals surface area contributed by atoms with Crippen LogP contribution in [0.3, 0.4) is 0 Å². The van der Waals surface area contributed by atoms with E-state index in [1.54, 1.807) is 0 Å². The molecule has 0 atom stereocenters. The molecule has 1 aliphatic heterocycles. The molecular weight excluding hydrogens is 238 g/mol. The van der Waals surface area contributed by atoms with Crippen molar-refractivity contribution in [3.8, 4) is 5.75 Å². The first-order valence-electron chi connectivity index (χ1n) is 7.21. The molecule has 2 N–H and O–H groups in total. The van der Waals surface area contributed by atoms with E-state index in [4.69, 9.17) is 10.5 Å². The SMILES string of the molecule is CCCOc1cccnc1N1CCC(C)(CN)CC1. The van der Waals surface area contributed by atoms with Gasteiger partial charge in [0.05, 0.1) is 6.61 Å². The van der Waals surface area contributed by atoms with Gasteiger partial charge in [-0.05, 0) is 43.4 Å². The Kier molecular flexibility index (Phi) is 4.64. The normalized spacial score (nSPS) is 18.4. The molecule has 4 heteroatoms. The fraction of sp³-hybridized carbons (Fsp3) is 0.667. The van der Waals surface area contributed by atoms with Gasteiger partial charge in [-0.3, -0.25) is 0 Å². The summed E-state index contributed by atoms with van der Waals surface area (Å²) in [5.74, 6) is 1.88. The van der Waals surface area contributed by atoms with E-state index in [1.165, 1.54) is 0 Å².